The van der Waals surface area contributed by atoms with E-state index < -0.39 is 0 Å². The van der Waals surface area contributed by atoms with E-state index in [-0.39, 0.29) is 18.9 Å². The molecule has 0 bridgehead atoms. The molecule has 3 N–H and O–H groups in total. The van der Waals surface area contributed by atoms with Crippen molar-refractivity contribution in [3.8, 4) is 11.3 Å². The van der Waals surface area contributed by atoms with Gasteiger partial charge in [-0.15, -0.1) is 0 Å². The van der Waals surface area contributed by atoms with Gasteiger partial charge in [-0.05, 0) is 11.6 Å². The third kappa shape index (κ3) is 4.52. The number of fused-ring (bicyclic) bond motifs is 2. The van der Waals surface area contributed by atoms with Gasteiger partial charge in [0.1, 0.15) is 0 Å². The van der Waals surface area contributed by atoms with Gasteiger partial charge in [0.2, 0.25) is 5.91 Å². The number of aliphatic hydroxyl groups excluding tert-OH is 1. The minimum atomic E-state index is -0.244. The number of nitrogens with one attached hydrogen (secondary N) is 2. The van der Waals surface area contributed by atoms with Crippen LogP contribution in [0.25, 0.3) is 27.8 Å². The molecular weight excluding hydrogens is 470 g/mol. The van der Waals surface area contributed by atoms with E-state index in [0.717, 1.165) is 22.0 Å². The number of imidazole rings is 1. The van der Waals surface area contributed by atoms with Crippen LogP contribution in [0.1, 0.15) is 17.0 Å². The molecular formula is C27H27N7O3. The molecule has 6 rings (SSSR count). The Balaban J connectivity index is 1.41. The maximum atomic E-state index is 12.7. The van der Waals surface area contributed by atoms with Gasteiger partial charge in [0.05, 0.1) is 55.0 Å². The molecule has 5 aromatic rings. The summed E-state index contributed by atoms with van der Waals surface area (Å²) in [6.07, 6.45) is 3.71. The van der Waals surface area contributed by atoms with E-state index in [1.165, 1.54) is 0 Å². The molecule has 1 fully saturated rings. The second kappa shape index (κ2) is 10.00. The van der Waals surface area contributed by atoms with Crippen LogP contribution in [0.3, 0.4) is 0 Å². The van der Waals surface area contributed by atoms with Gasteiger partial charge in [-0.25, -0.2) is 9.97 Å². The van der Waals surface area contributed by atoms with E-state index in [0.29, 0.717) is 61.4 Å². The fourth-order valence-corrected chi connectivity index (χ4v) is 4.76. The maximum absolute atomic E-state index is 12.7. The highest BCUT2D eigenvalue weighted by Gasteiger charge is 2.24. The van der Waals surface area contributed by atoms with Crippen LogP contribution in [0.15, 0.2) is 60.9 Å². The van der Waals surface area contributed by atoms with Crippen molar-refractivity contribution in [3.05, 3.63) is 77.9 Å². The number of aliphatic hydroxyl groups is 1. The van der Waals surface area contributed by atoms with Crippen LogP contribution in [-0.4, -0.2) is 61.9 Å². The Morgan fingerprint density at radius 2 is 1.92 bits per heavy atom. The van der Waals surface area contributed by atoms with Gasteiger partial charge in [-0.3, -0.25) is 14.3 Å². The number of aromatic nitrogens is 5. The predicted octanol–water partition coefficient (Wildman–Crippen LogP) is 2.46. The lowest BCUT2D eigenvalue weighted by molar-refractivity contribution is -0.120. The topological polar surface area (TPSA) is 121 Å². The normalized spacial score (nSPS) is 13.9. The quantitative estimate of drug-likeness (QED) is 0.316. The summed E-state index contributed by atoms with van der Waals surface area (Å²) in [5.74, 6) is 0.578. The number of aromatic amines is 1. The lowest BCUT2D eigenvalue weighted by Gasteiger charge is -2.29. The molecule has 1 saturated heterocycles. The van der Waals surface area contributed by atoms with Crippen molar-refractivity contribution >= 4 is 28.3 Å². The number of hydrogen-bond acceptors (Lipinski definition) is 7. The average Bonchev–Trinajstić information content (AvgIpc) is 3.59. The highest BCUT2D eigenvalue weighted by molar-refractivity contribution is 5.94. The van der Waals surface area contributed by atoms with Crippen LogP contribution in [0.2, 0.25) is 0 Å². The standard InChI is InChI=1S/C27H27N7O3/c35-17-23-25(20-7-4-8-22-21(20)15-29-32-22)31-26(33-9-11-37-12-10-33)27-30-19(16-34(23)27)13-24(36)28-14-18-5-2-1-3-6-18/h1-8,15-16,35H,9-14,17H2,(H,28,36)(H,29,32). The molecule has 3 aromatic heterocycles. The molecule has 10 heteroatoms. The molecule has 2 aromatic carbocycles. The fraction of sp³-hybridized carbons (Fsp3) is 0.259. The first-order chi connectivity index (χ1) is 18.2. The fourth-order valence-electron chi connectivity index (χ4n) is 4.76. The minimum Gasteiger partial charge on any atom is -0.390 e. The molecule has 0 aliphatic carbocycles. The third-order valence-electron chi connectivity index (χ3n) is 6.61. The molecule has 0 atom stereocenters. The second-order valence-electron chi connectivity index (χ2n) is 8.99. The number of ether oxygens (including phenoxy) is 1. The van der Waals surface area contributed by atoms with Crippen molar-refractivity contribution in [2.45, 2.75) is 19.6 Å². The van der Waals surface area contributed by atoms with Crippen LogP contribution >= 0.6 is 0 Å². The van der Waals surface area contributed by atoms with Gasteiger partial charge in [-0.1, -0.05) is 42.5 Å². The Labute approximate surface area is 212 Å². The number of carbonyl (C=O) groups excluding carboxylic acids is 1. The summed E-state index contributed by atoms with van der Waals surface area (Å²) in [4.78, 5) is 24.7. The predicted molar refractivity (Wildman–Crippen MR) is 139 cm³/mol. The number of rotatable bonds is 7. The van der Waals surface area contributed by atoms with Crippen molar-refractivity contribution in [2.75, 3.05) is 31.2 Å². The van der Waals surface area contributed by atoms with Gasteiger partial charge < -0.3 is 20.1 Å². The minimum absolute atomic E-state index is 0.120. The molecule has 10 nitrogen and oxygen atoms in total. The number of nitrogens with zero attached hydrogens (tertiary/aromatic N) is 5. The number of hydrogen-bond donors (Lipinski definition) is 3. The average molecular weight is 498 g/mol. The number of anilines is 1. The monoisotopic (exact) mass is 497 g/mol. The molecule has 37 heavy (non-hydrogen) atoms. The molecule has 4 heterocycles. The van der Waals surface area contributed by atoms with Crippen LogP contribution in [0.4, 0.5) is 5.82 Å². The molecule has 0 spiro atoms. The molecule has 1 aliphatic heterocycles. The van der Waals surface area contributed by atoms with Gasteiger partial charge in [0, 0.05) is 36.8 Å². The molecule has 1 amide bonds. The third-order valence-corrected chi connectivity index (χ3v) is 6.61. The van der Waals surface area contributed by atoms with Crippen LogP contribution < -0.4 is 10.2 Å². The summed E-state index contributed by atoms with van der Waals surface area (Å²) in [6.45, 7) is 2.75. The smallest absolute Gasteiger partial charge is 0.226 e. The molecule has 1 aliphatic rings. The highest BCUT2D eigenvalue weighted by Crippen LogP contribution is 2.33. The number of benzene rings is 2. The van der Waals surface area contributed by atoms with E-state index >= 15 is 0 Å². The van der Waals surface area contributed by atoms with Crippen molar-refractivity contribution < 1.29 is 14.6 Å². The second-order valence-corrected chi connectivity index (χ2v) is 8.99. The first-order valence-corrected chi connectivity index (χ1v) is 12.3. The van der Waals surface area contributed by atoms with Gasteiger partial charge >= 0.3 is 0 Å². The van der Waals surface area contributed by atoms with Crippen LogP contribution in [-0.2, 0) is 29.1 Å². The van der Waals surface area contributed by atoms with E-state index in [2.05, 4.69) is 20.4 Å². The Kier molecular flexibility index (Phi) is 6.25. The van der Waals surface area contributed by atoms with Gasteiger partial charge in [-0.2, -0.15) is 5.10 Å². The highest BCUT2D eigenvalue weighted by atomic mass is 16.5. The molecule has 188 valence electrons. The first-order valence-electron chi connectivity index (χ1n) is 12.3. The Morgan fingerprint density at radius 1 is 1.08 bits per heavy atom. The van der Waals surface area contributed by atoms with E-state index in [4.69, 9.17) is 14.7 Å². The number of amides is 1. The summed E-state index contributed by atoms with van der Waals surface area (Å²) in [6, 6.07) is 15.7. The molecule has 0 radical (unpaired) electrons. The van der Waals surface area contributed by atoms with Crippen LogP contribution in [0, 0.1) is 0 Å². The van der Waals surface area contributed by atoms with Crippen molar-refractivity contribution in [2.24, 2.45) is 0 Å². The zero-order chi connectivity index (χ0) is 25.2. The molecule has 0 saturated carbocycles. The lowest BCUT2D eigenvalue weighted by Crippen LogP contribution is -2.37. The van der Waals surface area contributed by atoms with Crippen molar-refractivity contribution in [1.29, 1.82) is 0 Å². The van der Waals surface area contributed by atoms with Crippen LogP contribution in [0.5, 0.6) is 0 Å². The van der Waals surface area contributed by atoms with Crippen molar-refractivity contribution in [1.82, 2.24) is 29.9 Å². The van der Waals surface area contributed by atoms with E-state index in [9.17, 15) is 9.90 Å². The first kappa shape index (κ1) is 23.1. The lowest BCUT2D eigenvalue weighted by atomic mass is 10.1. The summed E-state index contributed by atoms with van der Waals surface area (Å²) in [5, 5.41) is 21.5. The Bertz CT molecular complexity index is 1550. The summed E-state index contributed by atoms with van der Waals surface area (Å²) in [5.41, 5.74) is 5.26. The maximum Gasteiger partial charge on any atom is 0.226 e. The number of carbonyl (C=O) groups is 1. The van der Waals surface area contributed by atoms with Gasteiger partial charge in [0.25, 0.3) is 0 Å². The summed E-state index contributed by atoms with van der Waals surface area (Å²) in [7, 11) is 0. The largest absolute Gasteiger partial charge is 0.390 e. The number of morpholine rings is 1. The van der Waals surface area contributed by atoms with E-state index in [1.54, 1.807) is 6.20 Å². The summed E-state index contributed by atoms with van der Waals surface area (Å²) < 4.78 is 7.43. The van der Waals surface area contributed by atoms with Crippen molar-refractivity contribution in [3.63, 3.8) is 0 Å². The van der Waals surface area contributed by atoms with Gasteiger partial charge in [0.15, 0.2) is 11.5 Å². The summed E-state index contributed by atoms with van der Waals surface area (Å²) >= 11 is 0. The SMILES string of the molecule is O=C(Cc1cn2c(CO)c(-c3cccc4[nH]ncc34)nc(N3CCOCC3)c2n1)NCc1ccccc1. The Hall–Kier alpha value is -4.28. The van der Waals surface area contributed by atoms with E-state index in [1.807, 2.05) is 59.1 Å². The number of H-pyrrole nitrogens is 1. The zero-order valence-corrected chi connectivity index (χ0v) is 20.2. The Morgan fingerprint density at radius 3 is 2.73 bits per heavy atom. The molecule has 0 unspecified atom stereocenters. The zero-order valence-electron chi connectivity index (χ0n) is 20.2.